The summed E-state index contributed by atoms with van der Waals surface area (Å²) in [4.78, 5) is 49.9. The number of amides is 2. The lowest BCUT2D eigenvalue weighted by molar-refractivity contribution is -0.122. The first-order chi connectivity index (χ1) is 13.9. The smallest absolute Gasteiger partial charge is 0.341 e. The van der Waals surface area contributed by atoms with Gasteiger partial charge in [0.1, 0.15) is 10.3 Å². The standard InChI is InChI=1S/C18H19N5O4S2/c1-4-27-16(26)13-9(2)10(3)28-15(13)21-12(24)8-11-14(25)22-18(29-11)23-17-19-6-5-7-20-17/h5-7,11H,4,8H2,1-3H3,(H,21,24)(H,19,20,22,23,25). The van der Waals surface area contributed by atoms with Gasteiger partial charge in [-0.05, 0) is 32.4 Å². The SMILES string of the molecule is CCOC(=O)c1c(NC(=O)CC2S/C(=N\c3ncccn3)NC2=O)sc(C)c1C. The molecule has 1 atom stereocenters. The zero-order valence-electron chi connectivity index (χ0n) is 16.0. The van der Waals surface area contributed by atoms with Gasteiger partial charge in [-0.1, -0.05) is 11.8 Å². The van der Waals surface area contributed by atoms with E-state index in [0.717, 1.165) is 22.2 Å². The molecule has 0 aromatic carbocycles. The van der Waals surface area contributed by atoms with Crippen LogP contribution < -0.4 is 10.6 Å². The summed E-state index contributed by atoms with van der Waals surface area (Å²) in [5, 5.41) is 5.51. The highest BCUT2D eigenvalue weighted by Crippen LogP contribution is 2.33. The van der Waals surface area contributed by atoms with Gasteiger partial charge in [0.25, 0.3) is 5.95 Å². The first-order valence-electron chi connectivity index (χ1n) is 8.79. The number of ether oxygens (including phenoxy) is 1. The number of thiophene rings is 1. The summed E-state index contributed by atoms with van der Waals surface area (Å²) < 4.78 is 5.09. The van der Waals surface area contributed by atoms with Crippen molar-refractivity contribution in [2.75, 3.05) is 11.9 Å². The number of carbonyl (C=O) groups excluding carboxylic acids is 3. The number of nitrogens with one attached hydrogen (secondary N) is 2. The highest BCUT2D eigenvalue weighted by Gasteiger charge is 2.33. The van der Waals surface area contributed by atoms with Crippen LogP contribution in [0.2, 0.25) is 0 Å². The van der Waals surface area contributed by atoms with E-state index in [1.807, 2.05) is 13.8 Å². The van der Waals surface area contributed by atoms with Gasteiger partial charge >= 0.3 is 5.97 Å². The molecule has 3 rings (SSSR count). The summed E-state index contributed by atoms with van der Waals surface area (Å²) in [7, 11) is 0. The number of esters is 1. The molecule has 1 aliphatic rings. The number of nitrogens with zero attached hydrogens (tertiary/aromatic N) is 3. The Hall–Kier alpha value is -2.79. The van der Waals surface area contributed by atoms with Crippen molar-refractivity contribution in [3.63, 3.8) is 0 Å². The van der Waals surface area contributed by atoms with Crippen molar-refractivity contribution in [1.82, 2.24) is 15.3 Å². The summed E-state index contributed by atoms with van der Waals surface area (Å²) in [5.41, 5.74) is 1.13. The first-order valence-corrected chi connectivity index (χ1v) is 10.5. The van der Waals surface area contributed by atoms with E-state index in [-0.39, 0.29) is 30.8 Å². The van der Waals surface area contributed by atoms with Crippen molar-refractivity contribution < 1.29 is 19.1 Å². The van der Waals surface area contributed by atoms with Gasteiger partial charge in [-0.25, -0.2) is 14.8 Å². The maximum atomic E-state index is 12.5. The number of amidine groups is 1. The van der Waals surface area contributed by atoms with Crippen LogP contribution in [0.5, 0.6) is 0 Å². The predicted octanol–water partition coefficient (Wildman–Crippen LogP) is 2.58. The monoisotopic (exact) mass is 433 g/mol. The van der Waals surface area contributed by atoms with E-state index in [4.69, 9.17) is 4.74 Å². The Balaban J connectivity index is 1.67. The first kappa shape index (κ1) is 20.9. The van der Waals surface area contributed by atoms with E-state index in [9.17, 15) is 14.4 Å². The Morgan fingerprint density at radius 3 is 2.72 bits per heavy atom. The maximum Gasteiger partial charge on any atom is 0.341 e. The molecule has 0 spiro atoms. The second kappa shape index (κ2) is 9.14. The van der Waals surface area contributed by atoms with Crippen LogP contribution in [0.25, 0.3) is 0 Å². The van der Waals surface area contributed by atoms with Crippen LogP contribution in [-0.2, 0) is 14.3 Å². The van der Waals surface area contributed by atoms with E-state index in [1.54, 1.807) is 25.4 Å². The molecule has 29 heavy (non-hydrogen) atoms. The molecule has 0 saturated carbocycles. The van der Waals surface area contributed by atoms with Crippen molar-refractivity contribution in [1.29, 1.82) is 0 Å². The van der Waals surface area contributed by atoms with Crippen molar-refractivity contribution in [3.8, 4) is 0 Å². The molecule has 0 bridgehead atoms. The average molecular weight is 434 g/mol. The van der Waals surface area contributed by atoms with Crippen LogP contribution in [0.3, 0.4) is 0 Å². The quantitative estimate of drug-likeness (QED) is 0.671. The summed E-state index contributed by atoms with van der Waals surface area (Å²) in [6.45, 7) is 5.64. The number of hydrogen-bond acceptors (Lipinski definition) is 9. The van der Waals surface area contributed by atoms with Crippen molar-refractivity contribution >= 4 is 57.0 Å². The van der Waals surface area contributed by atoms with Gasteiger partial charge in [-0.3, -0.25) is 9.59 Å². The van der Waals surface area contributed by atoms with Gasteiger partial charge in [0.2, 0.25) is 11.8 Å². The fourth-order valence-corrected chi connectivity index (χ4v) is 4.57. The highest BCUT2D eigenvalue weighted by molar-refractivity contribution is 8.15. The molecule has 1 saturated heterocycles. The molecule has 2 aromatic rings. The Morgan fingerprint density at radius 2 is 2.03 bits per heavy atom. The van der Waals surface area contributed by atoms with Gasteiger partial charge in [-0.15, -0.1) is 11.3 Å². The molecule has 1 fully saturated rings. The minimum absolute atomic E-state index is 0.0660. The topological polar surface area (TPSA) is 123 Å². The van der Waals surface area contributed by atoms with Gasteiger partial charge in [0, 0.05) is 23.7 Å². The third kappa shape index (κ3) is 4.98. The molecule has 3 heterocycles. The third-order valence-corrected chi connectivity index (χ3v) is 6.22. The second-order valence-corrected chi connectivity index (χ2v) is 8.44. The third-order valence-electron chi connectivity index (χ3n) is 4.02. The highest BCUT2D eigenvalue weighted by atomic mass is 32.2. The molecular formula is C18H19N5O4S2. The van der Waals surface area contributed by atoms with E-state index >= 15 is 0 Å². The van der Waals surface area contributed by atoms with E-state index in [0.29, 0.717) is 15.7 Å². The van der Waals surface area contributed by atoms with Crippen LogP contribution in [0.1, 0.15) is 34.1 Å². The number of anilines is 1. The number of hydrogen-bond donors (Lipinski definition) is 2. The summed E-state index contributed by atoms with van der Waals surface area (Å²) in [6.07, 6.45) is 3.03. The van der Waals surface area contributed by atoms with Gasteiger partial charge < -0.3 is 15.4 Å². The van der Waals surface area contributed by atoms with Crippen molar-refractivity contribution in [2.45, 2.75) is 32.4 Å². The summed E-state index contributed by atoms with van der Waals surface area (Å²) in [5.74, 6) is -0.940. The molecule has 11 heteroatoms. The lowest BCUT2D eigenvalue weighted by atomic mass is 10.1. The van der Waals surface area contributed by atoms with Crippen LogP contribution in [0.4, 0.5) is 10.9 Å². The number of rotatable bonds is 6. The van der Waals surface area contributed by atoms with E-state index in [1.165, 1.54) is 11.3 Å². The molecule has 0 aliphatic carbocycles. The van der Waals surface area contributed by atoms with Crippen molar-refractivity contribution in [3.05, 3.63) is 34.5 Å². The Labute approximate surface area is 175 Å². The Morgan fingerprint density at radius 1 is 1.31 bits per heavy atom. The zero-order chi connectivity index (χ0) is 21.0. The minimum atomic E-state index is -0.634. The molecule has 1 unspecified atom stereocenters. The lowest BCUT2D eigenvalue weighted by Gasteiger charge is -2.08. The minimum Gasteiger partial charge on any atom is -0.462 e. The molecule has 1 aliphatic heterocycles. The van der Waals surface area contributed by atoms with E-state index < -0.39 is 11.2 Å². The van der Waals surface area contributed by atoms with Crippen LogP contribution in [0, 0.1) is 13.8 Å². The molecular weight excluding hydrogens is 414 g/mol. The van der Waals surface area contributed by atoms with Crippen LogP contribution in [0.15, 0.2) is 23.5 Å². The number of thioether (sulfide) groups is 1. The van der Waals surface area contributed by atoms with Crippen LogP contribution >= 0.6 is 23.1 Å². The second-order valence-electron chi connectivity index (χ2n) is 6.02. The maximum absolute atomic E-state index is 12.5. The summed E-state index contributed by atoms with van der Waals surface area (Å²) in [6, 6.07) is 1.66. The largest absolute Gasteiger partial charge is 0.462 e. The Bertz CT molecular complexity index is 974. The van der Waals surface area contributed by atoms with Gasteiger partial charge in [-0.2, -0.15) is 4.99 Å². The number of aromatic nitrogens is 2. The number of aliphatic imine (C=N–C) groups is 1. The zero-order valence-corrected chi connectivity index (χ0v) is 17.6. The van der Waals surface area contributed by atoms with Crippen LogP contribution in [-0.4, -0.2) is 44.8 Å². The fraction of sp³-hybridized carbons (Fsp3) is 0.333. The molecule has 0 radical (unpaired) electrons. The summed E-state index contributed by atoms with van der Waals surface area (Å²) >= 11 is 2.44. The predicted molar refractivity (Wildman–Crippen MR) is 112 cm³/mol. The number of aryl methyl sites for hydroxylation is 1. The normalized spacial score (nSPS) is 17.3. The average Bonchev–Trinajstić information content (AvgIpc) is 3.14. The van der Waals surface area contributed by atoms with Crippen molar-refractivity contribution in [2.24, 2.45) is 4.99 Å². The molecule has 152 valence electrons. The Kier molecular flexibility index (Phi) is 6.60. The van der Waals surface area contributed by atoms with E-state index in [2.05, 4.69) is 25.6 Å². The lowest BCUT2D eigenvalue weighted by Crippen LogP contribution is -2.28. The molecule has 2 aromatic heterocycles. The van der Waals surface area contributed by atoms with Gasteiger partial charge in [0.15, 0.2) is 5.17 Å². The fourth-order valence-electron chi connectivity index (χ4n) is 2.54. The molecule has 2 N–H and O–H groups in total. The molecule has 9 nitrogen and oxygen atoms in total. The molecule has 2 amide bonds. The van der Waals surface area contributed by atoms with Gasteiger partial charge in [0.05, 0.1) is 12.2 Å². The number of carbonyl (C=O) groups is 3.